The molecule has 0 radical (unpaired) electrons. The fraction of sp³-hybridized carbons (Fsp3) is 0.222. The Morgan fingerprint density at radius 2 is 1.71 bits per heavy atom. The lowest BCUT2D eigenvalue weighted by atomic mass is 10.0. The first kappa shape index (κ1) is 34.6. The van der Waals surface area contributed by atoms with Crippen molar-refractivity contribution in [2.24, 2.45) is 10.9 Å². The normalized spacial score (nSPS) is 18.3. The van der Waals surface area contributed by atoms with Crippen molar-refractivity contribution in [3.05, 3.63) is 124 Å². The number of β-lactam (4-membered cyclic amide) rings is 1. The number of hydrogen-bond acceptors (Lipinski definition) is 11. The zero-order valence-corrected chi connectivity index (χ0v) is 29.0. The lowest BCUT2D eigenvalue weighted by Crippen LogP contribution is -2.71. The van der Waals surface area contributed by atoms with Crippen molar-refractivity contribution in [1.29, 1.82) is 0 Å². The van der Waals surface area contributed by atoms with E-state index in [0.717, 1.165) is 35.3 Å². The van der Waals surface area contributed by atoms with Crippen LogP contribution >= 0.6 is 23.1 Å². The summed E-state index contributed by atoms with van der Waals surface area (Å²) in [6, 6.07) is 20.8. The predicted molar refractivity (Wildman–Crippen MR) is 190 cm³/mol. The molecule has 52 heavy (non-hydrogen) atoms. The molecule has 1 saturated heterocycles. The molecular weight excluding hydrogens is 707 g/mol. The molecule has 4 aromatic rings. The van der Waals surface area contributed by atoms with E-state index in [0.29, 0.717) is 23.3 Å². The highest BCUT2D eigenvalue weighted by atomic mass is 32.2. The Balaban J connectivity index is 1.18. The van der Waals surface area contributed by atoms with Crippen molar-refractivity contribution in [3.8, 4) is 0 Å². The van der Waals surface area contributed by atoms with E-state index in [4.69, 9.17) is 15.3 Å². The first-order valence-corrected chi connectivity index (χ1v) is 18.2. The Kier molecular flexibility index (Phi) is 10.1. The van der Waals surface area contributed by atoms with Crippen LogP contribution in [-0.4, -0.2) is 69.0 Å². The molecule has 7 rings (SSSR count). The third-order valence-corrected chi connectivity index (χ3v) is 10.6. The number of rotatable bonds is 14. The van der Waals surface area contributed by atoms with Gasteiger partial charge in [0.05, 0.1) is 5.56 Å². The third kappa shape index (κ3) is 7.43. The van der Waals surface area contributed by atoms with Crippen LogP contribution in [0.25, 0.3) is 0 Å². The molecule has 14 nitrogen and oxygen atoms in total. The highest BCUT2D eigenvalue weighted by molar-refractivity contribution is 8.00. The Bertz CT molecular complexity index is 2030. The van der Waals surface area contributed by atoms with Crippen molar-refractivity contribution in [1.82, 2.24) is 15.2 Å². The van der Waals surface area contributed by atoms with E-state index in [1.807, 2.05) is 60.7 Å². The maximum atomic E-state index is 14.4. The van der Waals surface area contributed by atoms with Crippen LogP contribution in [0.5, 0.6) is 0 Å². The number of thiazole rings is 1. The number of amides is 4. The van der Waals surface area contributed by atoms with E-state index in [9.17, 15) is 24.0 Å². The first-order valence-electron chi connectivity index (χ1n) is 16.3. The lowest BCUT2D eigenvalue weighted by Gasteiger charge is -2.49. The number of ether oxygens (including phenoxy) is 1. The molecule has 2 fully saturated rings. The maximum absolute atomic E-state index is 14.4. The number of nitrogens with two attached hydrogens (primary N) is 1. The van der Waals surface area contributed by atoms with Gasteiger partial charge in [-0.15, -0.1) is 23.1 Å². The van der Waals surface area contributed by atoms with Crippen LogP contribution in [0, 0.1) is 0 Å². The van der Waals surface area contributed by atoms with Gasteiger partial charge in [0, 0.05) is 28.8 Å². The summed E-state index contributed by atoms with van der Waals surface area (Å²) in [5.74, 6) is -2.15. The van der Waals surface area contributed by atoms with Crippen LogP contribution in [0.1, 0.15) is 46.1 Å². The molecule has 2 atom stereocenters. The molecule has 4 N–H and O–H groups in total. The predicted octanol–water partition coefficient (Wildman–Crippen LogP) is 2.67. The first-order chi connectivity index (χ1) is 25.3. The number of anilines is 1. The molecule has 16 heteroatoms. The van der Waals surface area contributed by atoms with Crippen molar-refractivity contribution < 1.29 is 38.1 Å². The highest BCUT2D eigenvalue weighted by Gasteiger charge is 2.55. The van der Waals surface area contributed by atoms with Crippen molar-refractivity contribution in [2.45, 2.75) is 43.0 Å². The summed E-state index contributed by atoms with van der Waals surface area (Å²) in [4.78, 5) is 75.7. The van der Waals surface area contributed by atoms with Gasteiger partial charge in [0.25, 0.3) is 11.8 Å². The Morgan fingerprint density at radius 1 is 1.04 bits per heavy atom. The zero-order valence-electron chi connectivity index (χ0n) is 27.4. The van der Waals surface area contributed by atoms with Crippen LogP contribution in [0.3, 0.4) is 0 Å². The average molecular weight is 739 g/mol. The molecule has 264 valence electrons. The van der Waals surface area contributed by atoms with Crippen LogP contribution in [0.4, 0.5) is 5.13 Å². The van der Waals surface area contributed by atoms with E-state index in [2.05, 4.69) is 20.8 Å². The number of carbonyl (C=O) groups is 5. The van der Waals surface area contributed by atoms with Gasteiger partial charge < -0.3 is 25.9 Å². The van der Waals surface area contributed by atoms with E-state index in [-0.39, 0.29) is 34.9 Å². The van der Waals surface area contributed by atoms with Gasteiger partial charge >= 0.3 is 5.97 Å². The second-order valence-electron chi connectivity index (χ2n) is 12.1. The van der Waals surface area contributed by atoms with Gasteiger partial charge in [0.2, 0.25) is 12.3 Å². The summed E-state index contributed by atoms with van der Waals surface area (Å²) in [6.45, 7) is 0.210. The second-order valence-corrected chi connectivity index (χ2v) is 14.1. The van der Waals surface area contributed by atoms with Crippen LogP contribution in [0.15, 0.2) is 107 Å². The molecule has 3 aliphatic rings. The lowest BCUT2D eigenvalue weighted by molar-refractivity contribution is -0.689. The number of nitrogens with zero attached hydrogens (tertiary/aromatic N) is 4. The fourth-order valence-electron chi connectivity index (χ4n) is 5.70. The summed E-state index contributed by atoms with van der Waals surface area (Å²) < 4.78 is 8.02. The summed E-state index contributed by atoms with van der Waals surface area (Å²) in [5.41, 5.74) is 7.96. The number of thioether (sulfide) groups is 1. The minimum atomic E-state index is -0.999. The van der Waals surface area contributed by atoms with Gasteiger partial charge in [-0.1, -0.05) is 65.8 Å². The molecule has 0 spiro atoms. The Hall–Kier alpha value is -5.87. The summed E-state index contributed by atoms with van der Waals surface area (Å²) >= 11 is 2.49. The van der Waals surface area contributed by atoms with Gasteiger partial charge in [0.15, 0.2) is 35.9 Å². The summed E-state index contributed by atoms with van der Waals surface area (Å²) in [5, 5.41) is 10.5. The smallest absolute Gasteiger partial charge is 0.356 e. The Morgan fingerprint density at radius 3 is 2.33 bits per heavy atom. The number of carbonyl (C=O) groups excluding carboxylic acids is 5. The number of primary amides is 1. The second kappa shape index (κ2) is 15.2. The van der Waals surface area contributed by atoms with Gasteiger partial charge in [0.1, 0.15) is 28.9 Å². The topological polar surface area (TPSA) is 186 Å². The van der Waals surface area contributed by atoms with Crippen LogP contribution in [-0.2, 0) is 35.3 Å². The van der Waals surface area contributed by atoms with Gasteiger partial charge in [-0.3, -0.25) is 24.1 Å². The largest absolute Gasteiger partial charge is 0.448 e. The van der Waals surface area contributed by atoms with E-state index >= 15 is 0 Å². The Labute approximate surface area is 305 Å². The number of fused-ring (bicyclic) bond motifs is 1. The van der Waals surface area contributed by atoms with Crippen molar-refractivity contribution in [3.63, 3.8) is 0 Å². The number of aromatic nitrogens is 2. The number of pyridine rings is 1. The molecule has 2 aromatic carbocycles. The number of hydrogen-bond donors (Lipinski definition) is 3. The van der Waals surface area contributed by atoms with Gasteiger partial charge in [-0.2, -0.15) is 0 Å². The van der Waals surface area contributed by atoms with Crippen LogP contribution < -0.4 is 20.9 Å². The van der Waals surface area contributed by atoms with Crippen molar-refractivity contribution >= 4 is 64.0 Å². The molecule has 0 bridgehead atoms. The molecule has 2 aliphatic heterocycles. The number of nitrogens with one attached hydrogen (secondary N) is 2. The van der Waals surface area contributed by atoms with Crippen LogP contribution in [0.2, 0.25) is 0 Å². The number of esters is 1. The average Bonchev–Trinajstić information content (AvgIpc) is 3.89. The molecule has 1 saturated carbocycles. The zero-order chi connectivity index (χ0) is 36.2. The fourth-order valence-corrected chi connectivity index (χ4v) is 7.69. The number of oxime groups is 1. The molecule has 1 aliphatic carbocycles. The molecular formula is C36H32N7O7S2+. The van der Waals surface area contributed by atoms with Crippen molar-refractivity contribution in [2.75, 3.05) is 11.1 Å². The van der Waals surface area contributed by atoms with E-state index < -0.39 is 41.2 Å². The van der Waals surface area contributed by atoms with Gasteiger partial charge in [-0.05, 0) is 24.0 Å². The highest BCUT2D eigenvalue weighted by Crippen LogP contribution is 2.42. The minimum absolute atomic E-state index is 0.0811. The SMILES string of the molecule is NC(=O)c1cc[n+](CC2=C(C(=O)OC(c3ccccc3)c3ccccc3)N3C(=O)[C@@H](NC(=O)C(=NOC4CC4)c4csc(NC=O)n4)[C@@H]3SC2)cc1. The molecule has 4 amide bonds. The summed E-state index contributed by atoms with van der Waals surface area (Å²) in [7, 11) is 0. The minimum Gasteiger partial charge on any atom is -0.448 e. The summed E-state index contributed by atoms with van der Waals surface area (Å²) in [6.07, 6.45) is 4.54. The molecule has 0 unspecified atom stereocenters. The van der Waals surface area contributed by atoms with E-state index in [1.54, 1.807) is 34.5 Å². The third-order valence-electron chi connectivity index (χ3n) is 8.47. The van der Waals surface area contributed by atoms with Gasteiger partial charge in [-0.25, -0.2) is 14.3 Å². The number of benzene rings is 2. The molecule has 2 aromatic heterocycles. The molecule has 4 heterocycles. The maximum Gasteiger partial charge on any atom is 0.356 e. The monoisotopic (exact) mass is 738 g/mol. The quantitative estimate of drug-likeness (QED) is 0.0437. The van der Waals surface area contributed by atoms with E-state index in [1.165, 1.54) is 16.7 Å². The standard InChI is InChI=1S/C36H31N7O7S2/c37-31(45)23-13-15-42(16-14-23)17-24-18-51-34-28(40-32(46)27(41-50-25-11-12-25)26-19-52-36(39-26)38-20-44)33(47)43(34)29(24)35(48)49-30(21-7-3-1-4-8-21)22-9-5-2-6-10-22/h1-10,13-16,19-20,25,28,30,34H,11-12,17-18H2,(H3-,37,38,39,40,44,45,46)/p+1/t28-,34+/m1/s1.